The number of aromatic nitrogens is 1. The van der Waals surface area contributed by atoms with Crippen molar-refractivity contribution in [1.29, 1.82) is 5.26 Å². The predicted octanol–water partition coefficient (Wildman–Crippen LogP) is 4.73. The quantitative estimate of drug-likeness (QED) is 0.747. The van der Waals surface area contributed by atoms with Gasteiger partial charge >= 0.3 is 0 Å². The van der Waals surface area contributed by atoms with Crippen molar-refractivity contribution < 1.29 is 9.13 Å². The monoisotopic (exact) mass is 343 g/mol. The van der Waals surface area contributed by atoms with E-state index in [4.69, 9.17) is 4.74 Å². The second kappa shape index (κ2) is 7.16. The number of anilines is 2. The molecule has 6 heteroatoms. The maximum absolute atomic E-state index is 13.8. The van der Waals surface area contributed by atoms with Crippen LogP contribution >= 0.6 is 12.4 Å². The topological polar surface area (TPSA) is 57.9 Å². The van der Waals surface area contributed by atoms with Crippen molar-refractivity contribution in [2.75, 3.05) is 12.4 Å². The number of rotatable bonds is 3. The van der Waals surface area contributed by atoms with Crippen LogP contribution in [-0.4, -0.2) is 12.1 Å². The molecule has 24 heavy (non-hydrogen) atoms. The van der Waals surface area contributed by atoms with Crippen molar-refractivity contribution in [2.45, 2.75) is 6.92 Å². The minimum Gasteiger partial charge on any atom is -0.497 e. The Morgan fingerprint density at radius 1 is 1.21 bits per heavy atom. The lowest BCUT2D eigenvalue weighted by Gasteiger charge is -2.13. The first kappa shape index (κ1) is 17.5. The van der Waals surface area contributed by atoms with Crippen LogP contribution < -0.4 is 10.1 Å². The second-order valence-electron chi connectivity index (χ2n) is 5.13. The van der Waals surface area contributed by atoms with E-state index in [1.54, 1.807) is 38.3 Å². The van der Waals surface area contributed by atoms with Crippen LogP contribution in [0.1, 0.15) is 11.1 Å². The van der Waals surface area contributed by atoms with E-state index in [2.05, 4.69) is 16.4 Å². The molecule has 0 aliphatic carbocycles. The van der Waals surface area contributed by atoms with E-state index in [1.165, 1.54) is 12.3 Å². The number of aryl methyl sites for hydroxylation is 1. The minimum atomic E-state index is -0.301. The summed E-state index contributed by atoms with van der Waals surface area (Å²) in [6.07, 6.45) is 1.50. The van der Waals surface area contributed by atoms with Crippen LogP contribution in [-0.2, 0) is 0 Å². The van der Waals surface area contributed by atoms with Gasteiger partial charge in [-0.05, 0) is 42.8 Å². The zero-order valence-electron chi connectivity index (χ0n) is 13.1. The third-order valence-electron chi connectivity index (χ3n) is 3.64. The Bertz CT molecular complexity index is 937. The molecule has 4 nitrogen and oxygen atoms in total. The van der Waals surface area contributed by atoms with E-state index in [0.717, 1.165) is 10.9 Å². The molecule has 0 aliphatic rings. The Labute approximate surface area is 145 Å². The van der Waals surface area contributed by atoms with Gasteiger partial charge in [0.15, 0.2) is 0 Å². The first-order valence-corrected chi connectivity index (χ1v) is 7.02. The third kappa shape index (κ3) is 3.24. The SMILES string of the molecule is COc1ccc2ncc(C#N)c(Nc3ccc(C)c(F)c3)c2c1.Cl. The number of nitrogens with zero attached hydrogens (tertiary/aromatic N) is 2. The molecule has 0 radical (unpaired) electrons. The number of halogens is 2. The summed E-state index contributed by atoms with van der Waals surface area (Å²) < 4.78 is 19.0. The highest BCUT2D eigenvalue weighted by Gasteiger charge is 2.11. The maximum atomic E-state index is 13.8. The van der Waals surface area contributed by atoms with Crippen LogP contribution in [0.4, 0.5) is 15.8 Å². The van der Waals surface area contributed by atoms with Gasteiger partial charge in [0, 0.05) is 17.3 Å². The molecule has 1 heterocycles. The van der Waals surface area contributed by atoms with Crippen molar-refractivity contribution in [3.8, 4) is 11.8 Å². The van der Waals surface area contributed by atoms with Gasteiger partial charge in [-0.3, -0.25) is 4.98 Å². The molecule has 0 atom stereocenters. The molecule has 0 saturated heterocycles. The van der Waals surface area contributed by atoms with Gasteiger partial charge in [0.05, 0.1) is 23.9 Å². The molecule has 3 rings (SSSR count). The number of benzene rings is 2. The molecule has 0 bridgehead atoms. The molecular formula is C18H15ClFN3O. The lowest BCUT2D eigenvalue weighted by Crippen LogP contribution is -1.98. The first-order valence-electron chi connectivity index (χ1n) is 7.02. The molecule has 0 saturated carbocycles. The molecule has 0 amide bonds. The summed E-state index contributed by atoms with van der Waals surface area (Å²) in [6, 6.07) is 12.4. The number of nitriles is 1. The van der Waals surface area contributed by atoms with Crippen LogP contribution in [0.25, 0.3) is 10.9 Å². The molecule has 0 unspecified atom stereocenters. The number of hydrogen-bond acceptors (Lipinski definition) is 4. The summed E-state index contributed by atoms with van der Waals surface area (Å²) in [4.78, 5) is 4.27. The fourth-order valence-corrected chi connectivity index (χ4v) is 2.33. The van der Waals surface area contributed by atoms with Crippen molar-refractivity contribution >= 4 is 34.7 Å². The Morgan fingerprint density at radius 3 is 2.67 bits per heavy atom. The molecule has 3 aromatic rings. The summed E-state index contributed by atoms with van der Waals surface area (Å²) in [5.74, 6) is 0.358. The van der Waals surface area contributed by atoms with Gasteiger partial charge in [0.2, 0.25) is 0 Å². The number of hydrogen-bond donors (Lipinski definition) is 1. The Hall–Kier alpha value is -2.84. The van der Waals surface area contributed by atoms with Crippen LogP contribution in [0, 0.1) is 24.1 Å². The Balaban J connectivity index is 0.00000208. The highest BCUT2D eigenvalue weighted by atomic mass is 35.5. The number of methoxy groups -OCH3 is 1. The first-order chi connectivity index (χ1) is 11.1. The number of nitrogens with one attached hydrogen (secondary N) is 1. The lowest BCUT2D eigenvalue weighted by atomic mass is 10.1. The zero-order chi connectivity index (χ0) is 16.4. The standard InChI is InChI=1S/C18H14FN3O.ClH/c1-11-3-4-13(7-16(11)19)22-18-12(9-20)10-21-17-6-5-14(23-2)8-15(17)18;/h3-8,10H,1-2H3,(H,21,22);1H. The lowest BCUT2D eigenvalue weighted by molar-refractivity contribution is 0.415. The fourth-order valence-electron chi connectivity index (χ4n) is 2.33. The Kier molecular flexibility index (Phi) is 5.22. The highest BCUT2D eigenvalue weighted by molar-refractivity contribution is 5.96. The van der Waals surface area contributed by atoms with Gasteiger partial charge in [-0.15, -0.1) is 12.4 Å². The van der Waals surface area contributed by atoms with Crippen LogP contribution in [0.5, 0.6) is 5.75 Å². The van der Waals surface area contributed by atoms with Crippen LogP contribution in [0.15, 0.2) is 42.6 Å². The predicted molar refractivity (Wildman–Crippen MR) is 94.7 cm³/mol. The smallest absolute Gasteiger partial charge is 0.128 e. The summed E-state index contributed by atoms with van der Waals surface area (Å²) in [5, 5.41) is 13.2. The summed E-state index contributed by atoms with van der Waals surface area (Å²) in [6.45, 7) is 1.70. The van der Waals surface area contributed by atoms with E-state index in [-0.39, 0.29) is 18.2 Å². The molecule has 0 spiro atoms. The van der Waals surface area contributed by atoms with Gasteiger partial charge in [-0.25, -0.2) is 4.39 Å². The second-order valence-corrected chi connectivity index (χ2v) is 5.13. The van der Waals surface area contributed by atoms with Crippen molar-refractivity contribution in [1.82, 2.24) is 4.98 Å². The number of fused-ring (bicyclic) bond motifs is 1. The molecule has 1 N–H and O–H groups in total. The van der Waals surface area contributed by atoms with E-state index in [9.17, 15) is 9.65 Å². The number of ether oxygens (including phenoxy) is 1. The largest absolute Gasteiger partial charge is 0.497 e. The molecule has 0 aliphatic heterocycles. The molecule has 122 valence electrons. The van der Waals surface area contributed by atoms with E-state index >= 15 is 0 Å². The van der Waals surface area contributed by atoms with Crippen molar-refractivity contribution in [3.63, 3.8) is 0 Å². The maximum Gasteiger partial charge on any atom is 0.128 e. The highest BCUT2D eigenvalue weighted by Crippen LogP contribution is 2.31. The fraction of sp³-hybridized carbons (Fsp3) is 0.111. The summed E-state index contributed by atoms with van der Waals surface area (Å²) in [7, 11) is 1.57. The molecule has 0 fully saturated rings. The van der Waals surface area contributed by atoms with Crippen LogP contribution in [0.3, 0.4) is 0 Å². The van der Waals surface area contributed by atoms with E-state index < -0.39 is 0 Å². The van der Waals surface area contributed by atoms with Gasteiger partial charge in [-0.2, -0.15) is 5.26 Å². The normalized spacial score (nSPS) is 9.92. The summed E-state index contributed by atoms with van der Waals surface area (Å²) in [5.41, 5.74) is 2.82. The molecule has 2 aromatic carbocycles. The van der Waals surface area contributed by atoms with Gasteiger partial charge < -0.3 is 10.1 Å². The third-order valence-corrected chi connectivity index (χ3v) is 3.64. The van der Waals surface area contributed by atoms with Gasteiger partial charge in [0.1, 0.15) is 17.6 Å². The average molecular weight is 344 g/mol. The zero-order valence-corrected chi connectivity index (χ0v) is 13.9. The van der Waals surface area contributed by atoms with Gasteiger partial charge in [0.25, 0.3) is 0 Å². The van der Waals surface area contributed by atoms with Crippen molar-refractivity contribution in [3.05, 3.63) is 59.5 Å². The van der Waals surface area contributed by atoms with Crippen LogP contribution in [0.2, 0.25) is 0 Å². The van der Waals surface area contributed by atoms with E-state index in [0.29, 0.717) is 28.3 Å². The molecule has 1 aromatic heterocycles. The summed E-state index contributed by atoms with van der Waals surface area (Å²) >= 11 is 0. The molecular weight excluding hydrogens is 329 g/mol. The van der Waals surface area contributed by atoms with Crippen molar-refractivity contribution in [2.24, 2.45) is 0 Å². The van der Waals surface area contributed by atoms with Gasteiger partial charge in [-0.1, -0.05) is 6.07 Å². The average Bonchev–Trinajstić information content (AvgIpc) is 2.58. The number of pyridine rings is 1. The Morgan fingerprint density at radius 2 is 2.00 bits per heavy atom. The van der Waals surface area contributed by atoms with E-state index in [1.807, 2.05) is 6.07 Å². The minimum absolute atomic E-state index is 0.